The number of benzene rings is 1. The molecule has 2 heterocycles. The molecule has 7 heteroatoms. The number of rotatable bonds is 7. The SMILES string of the molecule is Cc1ccc2ncnc(NC(C)C(=O)NCCCc3cnn(C)c3)c2c1. The van der Waals surface area contributed by atoms with Crippen molar-refractivity contribution in [1.29, 1.82) is 0 Å². The van der Waals surface area contributed by atoms with E-state index in [1.54, 1.807) is 4.68 Å². The normalized spacial score (nSPS) is 12.1. The molecule has 2 aromatic heterocycles. The van der Waals surface area contributed by atoms with Crippen LogP contribution in [0.2, 0.25) is 0 Å². The Hall–Kier alpha value is -2.96. The molecule has 0 aliphatic rings. The molecule has 3 rings (SSSR count). The summed E-state index contributed by atoms with van der Waals surface area (Å²) in [5, 5.41) is 11.2. The number of carbonyl (C=O) groups excluding carboxylic acids is 1. The van der Waals surface area contributed by atoms with Crippen LogP contribution in [0.4, 0.5) is 5.82 Å². The number of fused-ring (bicyclic) bond motifs is 1. The molecule has 1 unspecified atom stereocenters. The van der Waals surface area contributed by atoms with Crippen LogP contribution in [0, 0.1) is 6.92 Å². The molecular formula is C19H24N6O. The van der Waals surface area contributed by atoms with Gasteiger partial charge in [0.1, 0.15) is 18.2 Å². The lowest BCUT2D eigenvalue weighted by molar-refractivity contribution is -0.121. The minimum absolute atomic E-state index is 0.0457. The fourth-order valence-electron chi connectivity index (χ4n) is 2.81. The summed E-state index contributed by atoms with van der Waals surface area (Å²) in [6.07, 6.45) is 7.13. The predicted octanol–water partition coefficient (Wildman–Crippen LogP) is 2.22. The van der Waals surface area contributed by atoms with Gasteiger partial charge in [-0.15, -0.1) is 0 Å². The Morgan fingerprint density at radius 3 is 2.92 bits per heavy atom. The zero-order valence-corrected chi connectivity index (χ0v) is 15.4. The number of nitrogens with zero attached hydrogens (tertiary/aromatic N) is 4. The Morgan fingerprint density at radius 2 is 2.15 bits per heavy atom. The maximum Gasteiger partial charge on any atom is 0.242 e. The quantitative estimate of drug-likeness (QED) is 0.637. The predicted molar refractivity (Wildman–Crippen MR) is 102 cm³/mol. The summed E-state index contributed by atoms with van der Waals surface area (Å²) in [7, 11) is 1.90. The monoisotopic (exact) mass is 352 g/mol. The van der Waals surface area contributed by atoms with Crippen LogP contribution in [0.5, 0.6) is 0 Å². The molecular weight excluding hydrogens is 328 g/mol. The number of hydrogen-bond acceptors (Lipinski definition) is 5. The first kappa shape index (κ1) is 17.8. The van der Waals surface area contributed by atoms with Gasteiger partial charge in [0.05, 0.1) is 11.7 Å². The van der Waals surface area contributed by atoms with E-state index in [2.05, 4.69) is 25.7 Å². The lowest BCUT2D eigenvalue weighted by atomic mass is 10.1. The molecule has 0 saturated carbocycles. The van der Waals surface area contributed by atoms with Crippen molar-refractivity contribution in [2.24, 2.45) is 7.05 Å². The van der Waals surface area contributed by atoms with E-state index in [1.807, 2.05) is 51.5 Å². The lowest BCUT2D eigenvalue weighted by Crippen LogP contribution is -2.38. The van der Waals surface area contributed by atoms with E-state index in [0.29, 0.717) is 12.4 Å². The molecule has 26 heavy (non-hydrogen) atoms. The second kappa shape index (κ2) is 7.95. The van der Waals surface area contributed by atoms with Crippen LogP contribution in [0.15, 0.2) is 36.9 Å². The Kier molecular flexibility index (Phi) is 5.46. The van der Waals surface area contributed by atoms with Crippen molar-refractivity contribution in [3.63, 3.8) is 0 Å². The second-order valence-electron chi connectivity index (χ2n) is 6.53. The van der Waals surface area contributed by atoms with Gasteiger partial charge < -0.3 is 10.6 Å². The molecule has 136 valence electrons. The molecule has 0 aliphatic carbocycles. The average Bonchev–Trinajstić information content (AvgIpc) is 3.04. The van der Waals surface area contributed by atoms with E-state index in [9.17, 15) is 4.79 Å². The molecule has 0 radical (unpaired) electrons. The zero-order valence-electron chi connectivity index (χ0n) is 15.4. The topological polar surface area (TPSA) is 84.7 Å². The third kappa shape index (κ3) is 4.36. The minimum atomic E-state index is -0.382. The smallest absolute Gasteiger partial charge is 0.242 e. The molecule has 2 N–H and O–H groups in total. The van der Waals surface area contributed by atoms with Crippen LogP contribution in [0.25, 0.3) is 10.9 Å². The molecule has 0 fully saturated rings. The molecule has 1 amide bonds. The zero-order chi connectivity index (χ0) is 18.5. The second-order valence-corrected chi connectivity index (χ2v) is 6.53. The molecule has 3 aromatic rings. The van der Waals surface area contributed by atoms with Crippen molar-refractivity contribution in [3.05, 3.63) is 48.0 Å². The number of aromatic nitrogens is 4. The van der Waals surface area contributed by atoms with Gasteiger partial charge in [-0.3, -0.25) is 9.48 Å². The van der Waals surface area contributed by atoms with Crippen LogP contribution < -0.4 is 10.6 Å². The van der Waals surface area contributed by atoms with Gasteiger partial charge in [-0.05, 0) is 44.4 Å². The number of hydrogen-bond donors (Lipinski definition) is 2. The van der Waals surface area contributed by atoms with Crippen molar-refractivity contribution in [3.8, 4) is 0 Å². The highest BCUT2D eigenvalue weighted by Crippen LogP contribution is 2.20. The van der Waals surface area contributed by atoms with Crippen LogP contribution >= 0.6 is 0 Å². The first-order valence-electron chi connectivity index (χ1n) is 8.76. The van der Waals surface area contributed by atoms with Crippen LogP contribution in [0.3, 0.4) is 0 Å². The third-order valence-electron chi connectivity index (χ3n) is 4.24. The number of amides is 1. The van der Waals surface area contributed by atoms with Gasteiger partial charge in [0.15, 0.2) is 0 Å². The fourth-order valence-corrected chi connectivity index (χ4v) is 2.81. The Bertz CT molecular complexity index is 904. The lowest BCUT2D eigenvalue weighted by Gasteiger charge is -2.16. The largest absolute Gasteiger partial charge is 0.358 e. The van der Waals surface area contributed by atoms with Crippen LogP contribution in [-0.4, -0.2) is 38.2 Å². The molecule has 1 aromatic carbocycles. The molecule has 0 saturated heterocycles. The van der Waals surface area contributed by atoms with Crippen LogP contribution in [-0.2, 0) is 18.3 Å². The summed E-state index contributed by atoms with van der Waals surface area (Å²) in [5.74, 6) is 0.632. The highest BCUT2D eigenvalue weighted by atomic mass is 16.2. The Balaban J connectivity index is 1.53. The number of carbonyl (C=O) groups is 1. The third-order valence-corrected chi connectivity index (χ3v) is 4.24. The van der Waals surface area contributed by atoms with E-state index in [-0.39, 0.29) is 11.9 Å². The molecule has 7 nitrogen and oxygen atoms in total. The van der Waals surface area contributed by atoms with Gasteiger partial charge in [0.25, 0.3) is 0 Å². The minimum Gasteiger partial charge on any atom is -0.358 e. The maximum atomic E-state index is 12.3. The molecule has 0 spiro atoms. The molecule has 1 atom stereocenters. The van der Waals surface area contributed by atoms with Gasteiger partial charge >= 0.3 is 0 Å². The van der Waals surface area contributed by atoms with Crippen molar-refractivity contribution in [1.82, 2.24) is 25.1 Å². The summed E-state index contributed by atoms with van der Waals surface area (Å²) in [6.45, 7) is 4.48. The van der Waals surface area contributed by atoms with E-state index >= 15 is 0 Å². The van der Waals surface area contributed by atoms with Crippen molar-refractivity contribution >= 4 is 22.6 Å². The first-order chi connectivity index (χ1) is 12.5. The van der Waals surface area contributed by atoms with Crippen molar-refractivity contribution in [2.75, 3.05) is 11.9 Å². The first-order valence-corrected chi connectivity index (χ1v) is 8.76. The standard InChI is InChI=1S/C19H24N6O/c1-13-6-7-17-16(9-13)18(22-12-21-17)24-14(2)19(26)20-8-4-5-15-10-23-25(3)11-15/h6-7,9-12,14H,4-5,8H2,1-3H3,(H,20,26)(H,21,22,24). The summed E-state index contributed by atoms with van der Waals surface area (Å²) >= 11 is 0. The molecule has 0 aliphatic heterocycles. The molecule has 0 bridgehead atoms. The summed E-state index contributed by atoms with van der Waals surface area (Å²) in [4.78, 5) is 20.9. The van der Waals surface area contributed by atoms with Gasteiger partial charge in [-0.2, -0.15) is 5.10 Å². The summed E-state index contributed by atoms with van der Waals surface area (Å²) in [5.41, 5.74) is 3.16. The maximum absolute atomic E-state index is 12.3. The Labute approximate surface area is 152 Å². The van der Waals surface area contributed by atoms with Crippen molar-refractivity contribution < 1.29 is 4.79 Å². The number of aryl methyl sites for hydroxylation is 3. The number of anilines is 1. The highest BCUT2D eigenvalue weighted by molar-refractivity contribution is 5.92. The average molecular weight is 352 g/mol. The Morgan fingerprint density at radius 1 is 1.31 bits per heavy atom. The van der Waals surface area contributed by atoms with Gasteiger partial charge in [0, 0.05) is 25.2 Å². The van der Waals surface area contributed by atoms with E-state index in [0.717, 1.165) is 29.3 Å². The van der Waals surface area contributed by atoms with Crippen LogP contribution in [0.1, 0.15) is 24.5 Å². The highest BCUT2D eigenvalue weighted by Gasteiger charge is 2.14. The van der Waals surface area contributed by atoms with Gasteiger partial charge in [-0.25, -0.2) is 9.97 Å². The number of nitrogens with one attached hydrogen (secondary N) is 2. The van der Waals surface area contributed by atoms with E-state index in [4.69, 9.17) is 0 Å². The summed E-state index contributed by atoms with van der Waals surface area (Å²) < 4.78 is 1.79. The van der Waals surface area contributed by atoms with Gasteiger partial charge in [0.2, 0.25) is 5.91 Å². The summed E-state index contributed by atoms with van der Waals surface area (Å²) in [6, 6.07) is 5.61. The van der Waals surface area contributed by atoms with E-state index < -0.39 is 0 Å². The fraction of sp³-hybridized carbons (Fsp3) is 0.368. The van der Waals surface area contributed by atoms with E-state index in [1.165, 1.54) is 11.9 Å². The van der Waals surface area contributed by atoms with Crippen molar-refractivity contribution in [2.45, 2.75) is 32.7 Å². The van der Waals surface area contributed by atoms with Gasteiger partial charge in [-0.1, -0.05) is 11.6 Å².